The van der Waals surface area contributed by atoms with Crippen molar-refractivity contribution in [2.45, 2.75) is 5.22 Å². The van der Waals surface area contributed by atoms with Crippen LogP contribution in [0.3, 0.4) is 0 Å². The number of hydrogen-bond donors (Lipinski definition) is 0. The number of hydrogen-bond acceptors (Lipinski definition) is 5. The number of benzene rings is 1. The Balaban J connectivity index is 1.76. The average molecular weight is 246 g/mol. The molecule has 0 fully saturated rings. The Morgan fingerprint density at radius 2 is 2.41 bits per heavy atom. The molecule has 0 N–H and O–H groups in total. The first-order chi connectivity index (χ1) is 8.38. The van der Waals surface area contributed by atoms with Crippen LogP contribution in [0.4, 0.5) is 0 Å². The van der Waals surface area contributed by atoms with E-state index in [1.807, 2.05) is 6.07 Å². The maximum atomic E-state index is 8.73. The van der Waals surface area contributed by atoms with E-state index in [4.69, 9.17) is 14.4 Å². The van der Waals surface area contributed by atoms with Gasteiger partial charge in [0.2, 0.25) is 0 Å². The highest BCUT2D eigenvalue weighted by Crippen LogP contribution is 2.16. The fraction of sp³-hybridized carbons (Fsp3) is 0.167. The minimum Gasteiger partial charge on any atom is -0.493 e. The second-order valence-corrected chi connectivity index (χ2v) is 4.18. The van der Waals surface area contributed by atoms with Crippen LogP contribution < -0.4 is 4.74 Å². The highest BCUT2D eigenvalue weighted by molar-refractivity contribution is 7.99. The maximum Gasteiger partial charge on any atom is 0.255 e. The van der Waals surface area contributed by atoms with Gasteiger partial charge >= 0.3 is 0 Å². The second kappa shape index (κ2) is 5.97. The van der Waals surface area contributed by atoms with E-state index in [0.29, 0.717) is 23.1 Å². The zero-order valence-corrected chi connectivity index (χ0v) is 9.81. The van der Waals surface area contributed by atoms with E-state index in [2.05, 4.69) is 11.1 Å². The number of nitriles is 1. The molecule has 0 saturated heterocycles. The molecule has 1 heterocycles. The van der Waals surface area contributed by atoms with Gasteiger partial charge < -0.3 is 9.15 Å². The molecule has 1 aromatic carbocycles. The summed E-state index contributed by atoms with van der Waals surface area (Å²) in [7, 11) is 0. The van der Waals surface area contributed by atoms with E-state index in [9.17, 15) is 0 Å². The quantitative estimate of drug-likeness (QED) is 0.599. The van der Waals surface area contributed by atoms with E-state index >= 15 is 0 Å². The van der Waals surface area contributed by atoms with Gasteiger partial charge in [0.15, 0.2) is 0 Å². The summed E-state index contributed by atoms with van der Waals surface area (Å²) < 4.78 is 10.6. The molecule has 0 amide bonds. The van der Waals surface area contributed by atoms with Crippen LogP contribution in [0.25, 0.3) is 0 Å². The summed E-state index contributed by atoms with van der Waals surface area (Å²) in [5.74, 6) is 1.45. The minimum atomic E-state index is 0.544. The van der Waals surface area contributed by atoms with E-state index in [1.54, 1.807) is 30.7 Å². The van der Waals surface area contributed by atoms with Crippen LogP contribution in [0.1, 0.15) is 5.56 Å². The van der Waals surface area contributed by atoms with Crippen molar-refractivity contribution >= 4 is 11.8 Å². The molecule has 0 spiro atoms. The molecule has 86 valence electrons. The van der Waals surface area contributed by atoms with Crippen LogP contribution in [0, 0.1) is 11.3 Å². The van der Waals surface area contributed by atoms with Crippen LogP contribution in [-0.4, -0.2) is 17.3 Å². The SMILES string of the molecule is N#Cc1cccc(OCCSc2ncco2)c1. The van der Waals surface area contributed by atoms with Gasteiger partial charge in [0.05, 0.1) is 24.4 Å². The van der Waals surface area contributed by atoms with Crippen LogP contribution in [0.15, 0.2) is 46.4 Å². The van der Waals surface area contributed by atoms with Gasteiger partial charge in [-0.3, -0.25) is 0 Å². The Hall–Kier alpha value is -1.93. The number of rotatable bonds is 5. The summed E-state index contributed by atoms with van der Waals surface area (Å²) in [6.07, 6.45) is 3.15. The molecule has 2 rings (SSSR count). The Kier molecular flexibility index (Phi) is 4.05. The predicted octanol–water partition coefficient (Wildman–Crippen LogP) is 2.72. The molecule has 0 aliphatic rings. The lowest BCUT2D eigenvalue weighted by molar-refractivity contribution is 0.343. The highest BCUT2D eigenvalue weighted by Gasteiger charge is 1.99. The first kappa shape index (κ1) is 11.6. The molecule has 1 aromatic heterocycles. The molecule has 5 heteroatoms. The van der Waals surface area contributed by atoms with Gasteiger partial charge in [-0.05, 0) is 18.2 Å². The third-order valence-electron chi connectivity index (χ3n) is 1.95. The molecule has 0 bridgehead atoms. The Morgan fingerprint density at radius 3 is 3.18 bits per heavy atom. The van der Waals surface area contributed by atoms with Gasteiger partial charge in [0, 0.05) is 5.75 Å². The van der Waals surface area contributed by atoms with E-state index < -0.39 is 0 Å². The molecule has 17 heavy (non-hydrogen) atoms. The normalized spacial score (nSPS) is 9.82. The van der Waals surface area contributed by atoms with Gasteiger partial charge in [0.25, 0.3) is 5.22 Å². The largest absolute Gasteiger partial charge is 0.493 e. The van der Waals surface area contributed by atoms with Crippen molar-refractivity contribution in [3.8, 4) is 11.8 Å². The Labute approximate surface area is 103 Å². The van der Waals surface area contributed by atoms with Gasteiger partial charge in [-0.1, -0.05) is 17.8 Å². The molecular formula is C12H10N2O2S. The van der Waals surface area contributed by atoms with Gasteiger partial charge in [-0.15, -0.1) is 0 Å². The van der Waals surface area contributed by atoms with E-state index in [0.717, 1.165) is 5.75 Å². The van der Waals surface area contributed by atoms with Crippen molar-refractivity contribution in [2.24, 2.45) is 0 Å². The summed E-state index contributed by atoms with van der Waals surface area (Å²) in [6.45, 7) is 0.544. The maximum absolute atomic E-state index is 8.73. The van der Waals surface area contributed by atoms with Crippen LogP contribution in [-0.2, 0) is 0 Å². The number of thioether (sulfide) groups is 1. The highest BCUT2D eigenvalue weighted by atomic mass is 32.2. The fourth-order valence-electron chi connectivity index (χ4n) is 1.23. The first-order valence-electron chi connectivity index (χ1n) is 5.04. The molecule has 0 radical (unpaired) electrons. The van der Waals surface area contributed by atoms with Crippen molar-refractivity contribution in [2.75, 3.05) is 12.4 Å². The number of aromatic nitrogens is 1. The number of nitrogens with zero attached hydrogens (tertiary/aromatic N) is 2. The Bertz CT molecular complexity index is 505. The molecule has 0 unspecified atom stereocenters. The summed E-state index contributed by atoms with van der Waals surface area (Å²) in [6, 6.07) is 9.16. The van der Waals surface area contributed by atoms with Gasteiger partial charge in [-0.2, -0.15) is 5.26 Å². The van der Waals surface area contributed by atoms with Gasteiger partial charge in [0.1, 0.15) is 12.0 Å². The third-order valence-corrected chi connectivity index (χ3v) is 2.77. The molecule has 2 aromatic rings. The van der Waals surface area contributed by atoms with Gasteiger partial charge in [-0.25, -0.2) is 4.98 Å². The zero-order chi connectivity index (χ0) is 11.9. The topological polar surface area (TPSA) is 59.0 Å². The Morgan fingerprint density at radius 1 is 1.47 bits per heavy atom. The molecule has 0 aliphatic carbocycles. The van der Waals surface area contributed by atoms with Crippen LogP contribution >= 0.6 is 11.8 Å². The monoisotopic (exact) mass is 246 g/mol. The van der Waals surface area contributed by atoms with Crippen molar-refractivity contribution in [3.05, 3.63) is 42.3 Å². The molecule has 0 aliphatic heterocycles. The predicted molar refractivity (Wildman–Crippen MR) is 63.9 cm³/mol. The van der Waals surface area contributed by atoms with Crippen LogP contribution in [0.2, 0.25) is 0 Å². The van der Waals surface area contributed by atoms with Crippen molar-refractivity contribution in [1.29, 1.82) is 5.26 Å². The summed E-state index contributed by atoms with van der Waals surface area (Å²) in [5.41, 5.74) is 0.600. The fourth-order valence-corrected chi connectivity index (χ4v) is 1.83. The standard InChI is InChI=1S/C12H10N2O2S/c13-9-10-2-1-3-11(8-10)15-6-7-17-12-14-4-5-16-12/h1-5,8H,6-7H2. The van der Waals surface area contributed by atoms with Crippen molar-refractivity contribution in [1.82, 2.24) is 4.98 Å². The molecule has 4 nitrogen and oxygen atoms in total. The first-order valence-corrected chi connectivity index (χ1v) is 6.02. The lowest BCUT2D eigenvalue weighted by atomic mass is 10.2. The summed E-state index contributed by atoms with van der Waals surface area (Å²) in [4.78, 5) is 3.99. The molecule has 0 atom stereocenters. The average Bonchev–Trinajstić information content (AvgIpc) is 2.88. The lowest BCUT2D eigenvalue weighted by Crippen LogP contribution is -2.00. The van der Waals surface area contributed by atoms with E-state index in [1.165, 1.54) is 11.8 Å². The lowest BCUT2D eigenvalue weighted by Gasteiger charge is -2.04. The second-order valence-electron chi connectivity index (χ2n) is 3.13. The third kappa shape index (κ3) is 3.54. The minimum absolute atomic E-state index is 0.544. The van der Waals surface area contributed by atoms with E-state index in [-0.39, 0.29) is 0 Å². The summed E-state index contributed by atoms with van der Waals surface area (Å²) >= 11 is 1.49. The molecule has 0 saturated carbocycles. The van der Waals surface area contributed by atoms with Crippen LogP contribution in [0.5, 0.6) is 5.75 Å². The number of oxazole rings is 1. The van der Waals surface area contributed by atoms with Crippen molar-refractivity contribution in [3.63, 3.8) is 0 Å². The smallest absolute Gasteiger partial charge is 0.255 e. The summed E-state index contributed by atoms with van der Waals surface area (Å²) in [5, 5.41) is 9.37. The van der Waals surface area contributed by atoms with Crippen molar-refractivity contribution < 1.29 is 9.15 Å². The zero-order valence-electron chi connectivity index (χ0n) is 9.00. The number of ether oxygens (including phenoxy) is 1. The molecular weight excluding hydrogens is 236 g/mol.